The van der Waals surface area contributed by atoms with Gasteiger partial charge in [0.2, 0.25) is 11.6 Å². The van der Waals surface area contributed by atoms with Crippen molar-refractivity contribution in [3.05, 3.63) is 77.0 Å². The number of ether oxygens (including phenoxy) is 2. The van der Waals surface area contributed by atoms with Gasteiger partial charge in [0, 0.05) is 17.8 Å². The van der Waals surface area contributed by atoms with Gasteiger partial charge in [0.05, 0.1) is 19.4 Å². The lowest BCUT2D eigenvalue weighted by Crippen LogP contribution is -2.28. The molecule has 1 saturated carbocycles. The topological polar surface area (TPSA) is 99.9 Å². The highest BCUT2D eigenvalue weighted by Crippen LogP contribution is 2.36. The van der Waals surface area contributed by atoms with Crippen LogP contribution in [0.4, 0.5) is 0 Å². The summed E-state index contributed by atoms with van der Waals surface area (Å²) >= 11 is 0. The Kier molecular flexibility index (Phi) is 5.83. The number of nitriles is 1. The summed E-state index contributed by atoms with van der Waals surface area (Å²) < 4.78 is 14.2. The van der Waals surface area contributed by atoms with Crippen LogP contribution in [0.15, 0.2) is 54.9 Å². The molecule has 1 aromatic carbocycles. The van der Waals surface area contributed by atoms with Crippen LogP contribution in [-0.2, 0) is 0 Å². The molecule has 8 heteroatoms. The minimum Gasteiger partial charge on any atom is -0.711 e. The molecule has 8 nitrogen and oxygen atoms in total. The SMILES string of the molecule is COc1cccc(C=Cc2nc3ccc[n+]([O-])c3n2-c2ncccc2C#N)c1OC1CCCC1. The Morgan fingerprint density at radius 3 is 2.79 bits per heavy atom. The monoisotopic (exact) mass is 453 g/mol. The van der Waals surface area contributed by atoms with Crippen LogP contribution in [0.3, 0.4) is 0 Å². The average Bonchev–Trinajstić information content (AvgIpc) is 3.51. The molecular weight excluding hydrogens is 430 g/mol. The molecule has 0 atom stereocenters. The maximum absolute atomic E-state index is 12.7. The van der Waals surface area contributed by atoms with Gasteiger partial charge in [-0.2, -0.15) is 9.83 Å². The third-order valence-corrected chi connectivity index (χ3v) is 5.94. The maximum atomic E-state index is 12.7. The second kappa shape index (κ2) is 9.24. The summed E-state index contributed by atoms with van der Waals surface area (Å²) in [7, 11) is 1.63. The van der Waals surface area contributed by atoms with Gasteiger partial charge < -0.3 is 14.7 Å². The van der Waals surface area contributed by atoms with Crippen LogP contribution in [0.2, 0.25) is 0 Å². The van der Waals surface area contributed by atoms with Crippen LogP contribution in [0.1, 0.15) is 42.6 Å². The zero-order valence-corrected chi connectivity index (χ0v) is 18.7. The molecule has 0 N–H and O–H groups in total. The third-order valence-electron chi connectivity index (χ3n) is 5.94. The lowest BCUT2D eigenvalue weighted by Gasteiger charge is -2.18. The fourth-order valence-corrected chi connectivity index (χ4v) is 4.32. The number of hydrogen-bond acceptors (Lipinski definition) is 6. The van der Waals surface area contributed by atoms with Gasteiger partial charge in [-0.15, -0.1) is 0 Å². The first-order chi connectivity index (χ1) is 16.7. The summed E-state index contributed by atoms with van der Waals surface area (Å²) in [5.41, 5.74) is 1.97. The van der Waals surface area contributed by atoms with E-state index in [1.807, 2.05) is 24.3 Å². The summed E-state index contributed by atoms with van der Waals surface area (Å²) in [6.45, 7) is 0. The smallest absolute Gasteiger partial charge is 0.319 e. The predicted molar refractivity (Wildman–Crippen MR) is 127 cm³/mol. The van der Waals surface area contributed by atoms with Crippen molar-refractivity contribution in [2.75, 3.05) is 7.11 Å². The van der Waals surface area contributed by atoms with E-state index in [0.717, 1.165) is 36.0 Å². The molecule has 0 unspecified atom stereocenters. The maximum Gasteiger partial charge on any atom is 0.319 e. The van der Waals surface area contributed by atoms with E-state index in [2.05, 4.69) is 16.0 Å². The largest absolute Gasteiger partial charge is 0.711 e. The van der Waals surface area contributed by atoms with Crippen LogP contribution in [0, 0.1) is 16.5 Å². The number of para-hydroxylation sites is 1. The van der Waals surface area contributed by atoms with E-state index in [4.69, 9.17) is 9.47 Å². The first-order valence-corrected chi connectivity index (χ1v) is 11.2. The normalized spacial score (nSPS) is 14.0. The van der Waals surface area contributed by atoms with Gasteiger partial charge in [-0.05, 0) is 62.1 Å². The van der Waals surface area contributed by atoms with Gasteiger partial charge in [-0.3, -0.25) is 0 Å². The van der Waals surface area contributed by atoms with Gasteiger partial charge in [0.15, 0.2) is 17.0 Å². The minimum absolute atomic E-state index is 0.166. The van der Waals surface area contributed by atoms with Crippen molar-refractivity contribution < 1.29 is 14.2 Å². The Hall–Kier alpha value is -4.38. The lowest BCUT2D eigenvalue weighted by atomic mass is 10.1. The van der Waals surface area contributed by atoms with Crippen molar-refractivity contribution in [2.24, 2.45) is 0 Å². The number of aromatic nitrogens is 4. The van der Waals surface area contributed by atoms with Gasteiger partial charge in [0.25, 0.3) is 0 Å². The standard InChI is InChI=1S/C26H23N5O3/c1-33-22-12-4-7-18(24(22)34-20-9-2-3-10-20)13-14-23-29-21-11-6-16-30(32)26(21)31(23)25-19(17-27)8-5-15-28-25/h4-8,11-16,20H,2-3,9-10H2,1H3. The van der Waals surface area contributed by atoms with Crippen LogP contribution >= 0.6 is 0 Å². The number of imidazole rings is 1. The molecule has 0 saturated heterocycles. The highest BCUT2D eigenvalue weighted by atomic mass is 16.5. The number of nitrogens with zero attached hydrogens (tertiary/aromatic N) is 5. The number of fused-ring (bicyclic) bond motifs is 1. The van der Waals surface area contributed by atoms with Crippen LogP contribution in [0.5, 0.6) is 11.5 Å². The number of pyridine rings is 2. The molecule has 3 heterocycles. The van der Waals surface area contributed by atoms with E-state index in [9.17, 15) is 10.5 Å². The quantitative estimate of drug-likeness (QED) is 0.316. The van der Waals surface area contributed by atoms with Crippen LogP contribution in [0.25, 0.3) is 29.1 Å². The predicted octanol–water partition coefficient (Wildman–Crippen LogP) is 4.43. The second-order valence-electron chi connectivity index (χ2n) is 8.07. The number of hydrogen-bond donors (Lipinski definition) is 0. The second-order valence-corrected chi connectivity index (χ2v) is 8.07. The molecule has 170 valence electrons. The highest BCUT2D eigenvalue weighted by molar-refractivity contribution is 5.79. The molecule has 1 aliphatic carbocycles. The summed E-state index contributed by atoms with van der Waals surface area (Å²) in [5.74, 6) is 2.16. The van der Waals surface area contributed by atoms with E-state index in [1.165, 1.54) is 6.20 Å². The summed E-state index contributed by atoms with van der Waals surface area (Å²) in [6, 6.07) is 14.6. The minimum atomic E-state index is 0.166. The molecule has 0 spiro atoms. The molecule has 3 aromatic heterocycles. The van der Waals surface area contributed by atoms with E-state index >= 15 is 0 Å². The van der Waals surface area contributed by atoms with Gasteiger partial charge in [-0.25, -0.2) is 14.7 Å². The zero-order valence-electron chi connectivity index (χ0n) is 18.7. The van der Waals surface area contributed by atoms with Crippen LogP contribution in [-0.4, -0.2) is 27.7 Å². The number of rotatable bonds is 6. The van der Waals surface area contributed by atoms with Crippen LogP contribution < -0.4 is 14.2 Å². The fraction of sp³-hybridized carbons (Fsp3) is 0.231. The van der Waals surface area contributed by atoms with Gasteiger partial charge in [-0.1, -0.05) is 12.1 Å². The van der Waals surface area contributed by atoms with E-state index in [-0.39, 0.29) is 6.10 Å². The first-order valence-electron chi connectivity index (χ1n) is 11.2. The van der Waals surface area contributed by atoms with Crippen molar-refractivity contribution in [1.29, 1.82) is 5.26 Å². The van der Waals surface area contributed by atoms with Gasteiger partial charge in [0.1, 0.15) is 11.6 Å². The average molecular weight is 454 g/mol. The summed E-state index contributed by atoms with van der Waals surface area (Å²) in [4.78, 5) is 9.03. The molecule has 5 rings (SSSR count). The molecule has 0 aliphatic heterocycles. The first kappa shape index (κ1) is 21.5. The molecule has 0 amide bonds. The molecule has 4 aromatic rings. The third kappa shape index (κ3) is 3.92. The number of methoxy groups -OCH3 is 1. The molecule has 1 fully saturated rings. The molecule has 34 heavy (non-hydrogen) atoms. The van der Waals surface area contributed by atoms with Crippen molar-refractivity contribution >= 4 is 23.3 Å². The Balaban J connectivity index is 1.64. The van der Waals surface area contributed by atoms with Crippen molar-refractivity contribution in [2.45, 2.75) is 31.8 Å². The van der Waals surface area contributed by atoms with Crippen molar-refractivity contribution in [3.63, 3.8) is 0 Å². The van der Waals surface area contributed by atoms with E-state index < -0.39 is 0 Å². The van der Waals surface area contributed by atoms with Crippen molar-refractivity contribution in [3.8, 4) is 23.4 Å². The molecule has 0 radical (unpaired) electrons. The van der Waals surface area contributed by atoms with E-state index in [0.29, 0.717) is 39.9 Å². The zero-order chi connectivity index (χ0) is 23.5. The Morgan fingerprint density at radius 1 is 1.15 bits per heavy atom. The molecule has 1 aliphatic rings. The Bertz CT molecular complexity index is 1410. The summed E-state index contributed by atoms with van der Waals surface area (Å²) in [5, 5.41) is 22.3. The summed E-state index contributed by atoms with van der Waals surface area (Å²) in [6.07, 6.45) is 11.2. The van der Waals surface area contributed by atoms with E-state index in [1.54, 1.807) is 48.2 Å². The number of benzene rings is 1. The lowest BCUT2D eigenvalue weighted by molar-refractivity contribution is -0.579. The molecule has 0 bridgehead atoms. The Labute approximate surface area is 196 Å². The van der Waals surface area contributed by atoms with Crippen molar-refractivity contribution in [1.82, 2.24) is 14.5 Å². The highest BCUT2D eigenvalue weighted by Gasteiger charge is 2.24. The fourth-order valence-electron chi connectivity index (χ4n) is 4.32. The van der Waals surface area contributed by atoms with Gasteiger partial charge >= 0.3 is 5.65 Å². The Morgan fingerprint density at radius 2 is 2.00 bits per heavy atom. The molecular formula is C26H23N5O3.